The average Bonchev–Trinajstić information content (AvgIpc) is 2.58. The third-order valence-corrected chi connectivity index (χ3v) is 5.94. The lowest BCUT2D eigenvalue weighted by atomic mass is 9.59. The minimum atomic E-state index is -1.50. The van der Waals surface area contributed by atoms with Crippen LogP contribution in [0, 0.1) is 11.3 Å². The first-order valence-corrected chi connectivity index (χ1v) is 9.31. The van der Waals surface area contributed by atoms with Crippen LogP contribution in [0.2, 0.25) is 0 Å². The van der Waals surface area contributed by atoms with Gasteiger partial charge in [0.25, 0.3) is 0 Å². The van der Waals surface area contributed by atoms with Crippen LogP contribution in [-0.2, 0) is 14.3 Å². The number of aliphatic hydroxyl groups excluding tert-OH is 4. The molecule has 1 saturated carbocycles. The van der Waals surface area contributed by atoms with Crippen LogP contribution in [0.3, 0.4) is 0 Å². The Bertz CT molecular complexity index is 560. The molecule has 156 valence electrons. The van der Waals surface area contributed by atoms with Crippen molar-refractivity contribution in [2.75, 3.05) is 6.61 Å². The Morgan fingerprint density at radius 3 is 2.37 bits per heavy atom. The Kier molecular flexibility index (Phi) is 6.85. The third-order valence-electron chi connectivity index (χ3n) is 5.94. The van der Waals surface area contributed by atoms with Crippen molar-refractivity contribution in [1.29, 1.82) is 0 Å². The van der Waals surface area contributed by atoms with Gasteiger partial charge < -0.3 is 35.0 Å². The standard InChI is InChI=1S/C19H32O8/c1-10-7-12(8-18(3,4)19(10,25)6-5-11(2)21)26-17-16(24)15(23)14(22)13(9-20)27-17/h5-6,10,12-17,20,22-25H,7-9H2,1-4H3/b6-5+/t10?,12?,13-,14-,15+,16-,17-,19?/m1/s1. The molecule has 0 aromatic heterocycles. The second-order valence-electron chi connectivity index (χ2n) is 8.45. The highest BCUT2D eigenvalue weighted by molar-refractivity contribution is 5.87. The van der Waals surface area contributed by atoms with Crippen LogP contribution in [-0.4, -0.2) is 80.3 Å². The first-order chi connectivity index (χ1) is 12.4. The molecule has 1 aliphatic heterocycles. The monoisotopic (exact) mass is 388 g/mol. The molecule has 27 heavy (non-hydrogen) atoms. The quantitative estimate of drug-likeness (QED) is 0.398. The maximum atomic E-state index is 11.3. The third kappa shape index (κ3) is 4.42. The minimum absolute atomic E-state index is 0.147. The maximum absolute atomic E-state index is 11.3. The van der Waals surface area contributed by atoms with Gasteiger partial charge in [-0.2, -0.15) is 0 Å². The number of carbonyl (C=O) groups is 1. The summed E-state index contributed by atoms with van der Waals surface area (Å²) in [6, 6.07) is 0. The molecular weight excluding hydrogens is 356 g/mol. The number of ketones is 1. The Morgan fingerprint density at radius 1 is 1.22 bits per heavy atom. The summed E-state index contributed by atoms with van der Waals surface area (Å²) in [6.07, 6.45) is -3.23. The highest BCUT2D eigenvalue weighted by Gasteiger charge is 2.52. The van der Waals surface area contributed by atoms with Crippen molar-refractivity contribution in [3.63, 3.8) is 0 Å². The lowest BCUT2D eigenvalue weighted by molar-refractivity contribution is -0.319. The number of rotatable bonds is 5. The first-order valence-electron chi connectivity index (χ1n) is 9.31. The molecular formula is C19H32O8. The van der Waals surface area contributed by atoms with E-state index in [0.29, 0.717) is 12.8 Å². The van der Waals surface area contributed by atoms with Crippen LogP contribution in [0.1, 0.15) is 40.5 Å². The van der Waals surface area contributed by atoms with Gasteiger partial charge in [0.05, 0.1) is 18.3 Å². The smallest absolute Gasteiger partial charge is 0.186 e. The van der Waals surface area contributed by atoms with Crippen molar-refractivity contribution in [1.82, 2.24) is 0 Å². The van der Waals surface area contributed by atoms with Crippen LogP contribution in [0.15, 0.2) is 12.2 Å². The summed E-state index contributed by atoms with van der Waals surface area (Å²) < 4.78 is 11.3. The van der Waals surface area contributed by atoms with Gasteiger partial charge in [-0.1, -0.05) is 20.8 Å². The molecule has 8 heteroatoms. The van der Waals surface area contributed by atoms with Gasteiger partial charge in [0.15, 0.2) is 12.1 Å². The molecule has 1 saturated heterocycles. The summed E-state index contributed by atoms with van der Waals surface area (Å²) in [5, 5.41) is 50.4. The van der Waals surface area contributed by atoms with Crippen LogP contribution in [0.4, 0.5) is 0 Å². The lowest BCUT2D eigenvalue weighted by Crippen LogP contribution is -2.61. The SMILES string of the molecule is CC(=O)/C=C/C1(O)C(C)CC(O[C@@H]2O[C@H](CO)[C@@H](O)[C@H](O)[C@H]2O)CC1(C)C. The largest absolute Gasteiger partial charge is 0.394 e. The fourth-order valence-electron chi connectivity index (χ4n) is 4.16. The van der Waals surface area contributed by atoms with E-state index in [1.165, 1.54) is 13.0 Å². The fourth-order valence-corrected chi connectivity index (χ4v) is 4.16. The second-order valence-corrected chi connectivity index (χ2v) is 8.45. The van der Waals surface area contributed by atoms with E-state index in [-0.39, 0.29) is 17.8 Å². The summed E-state index contributed by atoms with van der Waals surface area (Å²) in [6.45, 7) is 6.50. The topological polar surface area (TPSA) is 137 Å². The van der Waals surface area contributed by atoms with Gasteiger partial charge in [0, 0.05) is 0 Å². The fraction of sp³-hybridized carbons (Fsp3) is 0.842. The van der Waals surface area contributed by atoms with E-state index in [1.807, 2.05) is 20.8 Å². The molecule has 2 rings (SSSR count). The minimum Gasteiger partial charge on any atom is -0.394 e. The van der Waals surface area contributed by atoms with E-state index in [0.717, 1.165) is 0 Å². The molecule has 0 amide bonds. The van der Waals surface area contributed by atoms with E-state index in [1.54, 1.807) is 6.08 Å². The number of ether oxygens (including phenoxy) is 2. The Balaban J connectivity index is 2.13. The van der Waals surface area contributed by atoms with Crippen molar-refractivity contribution in [3.8, 4) is 0 Å². The highest BCUT2D eigenvalue weighted by Crippen LogP contribution is 2.49. The Hall–Kier alpha value is -0.870. The number of aliphatic hydroxyl groups is 5. The predicted molar refractivity (Wildman–Crippen MR) is 95.6 cm³/mol. The van der Waals surface area contributed by atoms with Gasteiger partial charge in [0.2, 0.25) is 0 Å². The van der Waals surface area contributed by atoms with Crippen molar-refractivity contribution in [2.45, 2.75) is 82.9 Å². The normalized spacial score (nSPS) is 45.1. The molecule has 0 spiro atoms. The van der Waals surface area contributed by atoms with Crippen LogP contribution < -0.4 is 0 Å². The van der Waals surface area contributed by atoms with E-state index in [2.05, 4.69) is 0 Å². The molecule has 1 aliphatic carbocycles. The number of carbonyl (C=O) groups excluding carboxylic acids is 1. The maximum Gasteiger partial charge on any atom is 0.186 e. The Morgan fingerprint density at radius 2 is 1.85 bits per heavy atom. The second kappa shape index (κ2) is 8.24. The lowest BCUT2D eigenvalue weighted by Gasteiger charge is -2.52. The summed E-state index contributed by atoms with van der Waals surface area (Å²) in [4.78, 5) is 11.3. The first kappa shape index (κ1) is 22.4. The van der Waals surface area contributed by atoms with E-state index in [9.17, 15) is 30.3 Å². The zero-order valence-corrected chi connectivity index (χ0v) is 16.3. The van der Waals surface area contributed by atoms with Gasteiger partial charge in [-0.05, 0) is 43.3 Å². The molecule has 5 N–H and O–H groups in total. The van der Waals surface area contributed by atoms with Crippen LogP contribution in [0.25, 0.3) is 0 Å². The van der Waals surface area contributed by atoms with E-state index < -0.39 is 48.3 Å². The molecule has 0 aromatic carbocycles. The van der Waals surface area contributed by atoms with Crippen LogP contribution >= 0.6 is 0 Å². The van der Waals surface area contributed by atoms with Gasteiger partial charge in [-0.3, -0.25) is 4.79 Å². The number of hydrogen-bond donors (Lipinski definition) is 5. The van der Waals surface area contributed by atoms with E-state index in [4.69, 9.17) is 9.47 Å². The Labute approximate surface area is 159 Å². The van der Waals surface area contributed by atoms with Crippen molar-refractivity contribution in [2.24, 2.45) is 11.3 Å². The highest BCUT2D eigenvalue weighted by atomic mass is 16.7. The summed E-state index contributed by atoms with van der Waals surface area (Å²) >= 11 is 0. The van der Waals surface area contributed by atoms with Crippen molar-refractivity contribution in [3.05, 3.63) is 12.2 Å². The zero-order valence-electron chi connectivity index (χ0n) is 16.3. The van der Waals surface area contributed by atoms with Crippen LogP contribution in [0.5, 0.6) is 0 Å². The molecule has 8 nitrogen and oxygen atoms in total. The molecule has 3 unspecified atom stereocenters. The zero-order chi connectivity index (χ0) is 20.6. The van der Waals surface area contributed by atoms with Crippen molar-refractivity contribution >= 4 is 5.78 Å². The summed E-state index contributed by atoms with van der Waals surface area (Å²) in [5.41, 5.74) is -1.83. The predicted octanol–water partition coefficient (Wildman–Crippen LogP) is -0.496. The number of hydrogen-bond acceptors (Lipinski definition) is 8. The molecule has 1 heterocycles. The molecule has 8 atom stereocenters. The molecule has 0 radical (unpaired) electrons. The molecule has 2 fully saturated rings. The van der Waals surface area contributed by atoms with E-state index >= 15 is 0 Å². The number of allylic oxidation sites excluding steroid dienone is 1. The molecule has 0 bridgehead atoms. The van der Waals surface area contributed by atoms with Crippen molar-refractivity contribution < 1.29 is 39.8 Å². The summed E-state index contributed by atoms with van der Waals surface area (Å²) in [5.74, 6) is -0.391. The van der Waals surface area contributed by atoms with Gasteiger partial charge in [-0.15, -0.1) is 0 Å². The molecule has 2 aliphatic rings. The molecule has 0 aromatic rings. The van der Waals surface area contributed by atoms with Gasteiger partial charge in [0.1, 0.15) is 24.4 Å². The summed E-state index contributed by atoms with van der Waals surface area (Å²) in [7, 11) is 0. The van der Waals surface area contributed by atoms with Gasteiger partial charge >= 0.3 is 0 Å². The average molecular weight is 388 g/mol. The van der Waals surface area contributed by atoms with Gasteiger partial charge in [-0.25, -0.2) is 0 Å².